The Hall–Kier alpha value is -4.92. The summed E-state index contributed by atoms with van der Waals surface area (Å²) in [6, 6.07) is 18.4. The fraction of sp³-hybridized carbons (Fsp3) is 0.143. The number of oxazole rings is 1. The molecule has 0 saturated heterocycles. The second-order valence-electron chi connectivity index (χ2n) is 7.77. The molecule has 1 aromatic heterocycles. The van der Waals surface area contributed by atoms with Gasteiger partial charge in [0.2, 0.25) is 5.89 Å². The molecule has 1 N–H and O–H groups in total. The number of nitrogens with zero attached hydrogens (tertiary/aromatic N) is 1. The molecular weight excluding hydrogens is 476 g/mol. The first kappa shape index (κ1) is 25.2. The number of aromatic nitrogens is 1. The first-order chi connectivity index (χ1) is 17.9. The molecule has 0 unspecified atom stereocenters. The van der Waals surface area contributed by atoms with Crippen molar-refractivity contribution in [1.82, 2.24) is 4.98 Å². The first-order valence-corrected chi connectivity index (χ1v) is 11.3. The Morgan fingerprint density at radius 2 is 1.54 bits per heavy atom. The van der Waals surface area contributed by atoms with Gasteiger partial charge in [-0.2, -0.15) is 0 Å². The number of ether oxygens (including phenoxy) is 3. The van der Waals surface area contributed by atoms with E-state index in [-0.39, 0.29) is 28.3 Å². The number of carbonyl (C=O) groups excluding carboxylic acids is 3. The van der Waals surface area contributed by atoms with E-state index in [4.69, 9.17) is 18.6 Å². The van der Waals surface area contributed by atoms with E-state index < -0.39 is 17.8 Å². The second kappa shape index (κ2) is 11.2. The molecule has 1 amide bonds. The van der Waals surface area contributed by atoms with E-state index in [0.29, 0.717) is 17.9 Å². The fourth-order valence-corrected chi connectivity index (χ4v) is 3.65. The third-order valence-corrected chi connectivity index (χ3v) is 5.39. The number of nitrogens with one attached hydrogen (secondary N) is 1. The van der Waals surface area contributed by atoms with Gasteiger partial charge in [-0.25, -0.2) is 14.6 Å². The van der Waals surface area contributed by atoms with Crippen LogP contribution in [0.3, 0.4) is 0 Å². The molecule has 0 aliphatic heterocycles. The molecule has 0 atom stereocenters. The zero-order valence-corrected chi connectivity index (χ0v) is 20.4. The van der Waals surface area contributed by atoms with E-state index in [0.717, 1.165) is 11.3 Å². The quantitative estimate of drug-likeness (QED) is 0.327. The summed E-state index contributed by atoms with van der Waals surface area (Å²) in [4.78, 5) is 41.8. The van der Waals surface area contributed by atoms with Crippen molar-refractivity contribution < 1.29 is 33.0 Å². The molecule has 9 heteroatoms. The molecule has 0 radical (unpaired) electrons. The lowest BCUT2D eigenvalue weighted by atomic mass is 10.1. The van der Waals surface area contributed by atoms with Gasteiger partial charge in [0.1, 0.15) is 5.75 Å². The average molecular weight is 501 g/mol. The SMILES string of the molecule is CCOc1ccc(-c2cnc(-c3ccccc3C(=O)Nc3cc(C(=O)OC)cc(C(=O)OC)c3)o2)cc1. The van der Waals surface area contributed by atoms with E-state index >= 15 is 0 Å². The van der Waals surface area contributed by atoms with Crippen LogP contribution < -0.4 is 10.1 Å². The maximum absolute atomic E-state index is 13.3. The summed E-state index contributed by atoms with van der Waals surface area (Å²) < 4.78 is 21.0. The van der Waals surface area contributed by atoms with Crippen molar-refractivity contribution in [3.63, 3.8) is 0 Å². The standard InChI is InChI=1S/C28H24N2O7/c1-4-36-21-11-9-17(10-12-21)24-16-29-26(37-24)23-8-6-5-7-22(23)25(31)30-20-14-18(27(32)34-2)13-19(15-20)28(33)35-3/h5-16H,4H2,1-3H3,(H,30,31). The zero-order valence-electron chi connectivity index (χ0n) is 20.4. The third kappa shape index (κ3) is 5.67. The van der Waals surface area contributed by atoms with Gasteiger partial charge in [-0.1, -0.05) is 12.1 Å². The number of rotatable bonds is 8. The van der Waals surface area contributed by atoms with Crippen molar-refractivity contribution in [1.29, 1.82) is 0 Å². The van der Waals surface area contributed by atoms with Crippen LogP contribution in [0.4, 0.5) is 5.69 Å². The van der Waals surface area contributed by atoms with Crippen LogP contribution in [0.15, 0.2) is 77.3 Å². The normalized spacial score (nSPS) is 10.5. The number of carbonyl (C=O) groups is 3. The average Bonchev–Trinajstić information content (AvgIpc) is 3.42. The Balaban J connectivity index is 1.63. The minimum atomic E-state index is -0.664. The molecule has 9 nitrogen and oxygen atoms in total. The van der Waals surface area contributed by atoms with Crippen LogP contribution in [0, 0.1) is 0 Å². The van der Waals surface area contributed by atoms with Gasteiger partial charge in [0, 0.05) is 16.8 Å². The molecule has 188 valence electrons. The van der Waals surface area contributed by atoms with E-state index in [9.17, 15) is 14.4 Å². The van der Waals surface area contributed by atoms with E-state index in [2.05, 4.69) is 10.3 Å². The summed E-state index contributed by atoms with van der Waals surface area (Å²) >= 11 is 0. The number of methoxy groups -OCH3 is 2. The molecule has 0 bridgehead atoms. The van der Waals surface area contributed by atoms with Crippen LogP contribution in [-0.4, -0.2) is 43.7 Å². The van der Waals surface area contributed by atoms with E-state index in [1.807, 2.05) is 31.2 Å². The predicted molar refractivity (Wildman–Crippen MR) is 136 cm³/mol. The van der Waals surface area contributed by atoms with E-state index in [1.165, 1.54) is 32.4 Å². The summed E-state index contributed by atoms with van der Waals surface area (Å²) in [5.74, 6) is -0.282. The molecule has 0 aliphatic rings. The number of benzene rings is 3. The number of amides is 1. The van der Waals surface area contributed by atoms with E-state index in [1.54, 1.807) is 30.5 Å². The highest BCUT2D eigenvalue weighted by atomic mass is 16.5. The van der Waals surface area contributed by atoms with Crippen LogP contribution in [0.2, 0.25) is 0 Å². The number of anilines is 1. The van der Waals surface area contributed by atoms with Gasteiger partial charge in [-0.3, -0.25) is 4.79 Å². The Morgan fingerprint density at radius 1 is 0.892 bits per heavy atom. The summed E-state index contributed by atoms with van der Waals surface area (Å²) in [6.07, 6.45) is 1.59. The topological polar surface area (TPSA) is 117 Å². The molecule has 37 heavy (non-hydrogen) atoms. The summed E-state index contributed by atoms with van der Waals surface area (Å²) in [6.45, 7) is 2.49. The molecule has 4 rings (SSSR count). The highest BCUT2D eigenvalue weighted by Gasteiger charge is 2.19. The summed E-state index contributed by atoms with van der Waals surface area (Å²) in [5, 5.41) is 2.73. The monoisotopic (exact) mass is 500 g/mol. The molecule has 4 aromatic rings. The van der Waals surface area contributed by atoms with Crippen molar-refractivity contribution in [2.75, 3.05) is 26.1 Å². The van der Waals surface area contributed by atoms with Crippen LogP contribution in [0.25, 0.3) is 22.8 Å². The van der Waals surface area contributed by atoms with Crippen LogP contribution >= 0.6 is 0 Å². The van der Waals surface area contributed by atoms with Crippen LogP contribution in [0.5, 0.6) is 5.75 Å². The zero-order chi connectivity index (χ0) is 26.4. The number of hydrogen-bond acceptors (Lipinski definition) is 8. The third-order valence-electron chi connectivity index (χ3n) is 5.39. The van der Waals surface area contributed by atoms with Crippen molar-refractivity contribution in [2.24, 2.45) is 0 Å². The minimum Gasteiger partial charge on any atom is -0.494 e. The van der Waals surface area contributed by atoms with Crippen molar-refractivity contribution in [2.45, 2.75) is 6.92 Å². The highest BCUT2D eigenvalue weighted by Crippen LogP contribution is 2.30. The Morgan fingerprint density at radius 3 is 2.16 bits per heavy atom. The second-order valence-corrected chi connectivity index (χ2v) is 7.77. The molecule has 0 saturated carbocycles. The lowest BCUT2D eigenvalue weighted by Gasteiger charge is -2.11. The van der Waals surface area contributed by atoms with Crippen molar-refractivity contribution in [3.05, 3.63) is 89.6 Å². The van der Waals surface area contributed by atoms with Crippen molar-refractivity contribution >= 4 is 23.5 Å². The van der Waals surface area contributed by atoms with Gasteiger partial charge < -0.3 is 23.9 Å². The first-order valence-electron chi connectivity index (χ1n) is 11.3. The van der Waals surface area contributed by atoms with Gasteiger partial charge in [-0.05, 0) is 61.5 Å². The highest BCUT2D eigenvalue weighted by molar-refractivity contribution is 6.09. The molecule has 1 heterocycles. The smallest absolute Gasteiger partial charge is 0.337 e. The van der Waals surface area contributed by atoms with Gasteiger partial charge in [0.15, 0.2) is 5.76 Å². The summed E-state index contributed by atoms with van der Waals surface area (Å²) in [5.41, 5.74) is 1.94. The largest absolute Gasteiger partial charge is 0.494 e. The molecular formula is C28H24N2O7. The Bertz CT molecular complexity index is 1410. The number of esters is 2. The molecule has 0 aliphatic carbocycles. The Kier molecular flexibility index (Phi) is 7.63. The fourth-order valence-electron chi connectivity index (χ4n) is 3.65. The lowest BCUT2D eigenvalue weighted by molar-refractivity contribution is 0.0599. The summed E-state index contributed by atoms with van der Waals surface area (Å²) in [7, 11) is 2.44. The number of hydrogen-bond donors (Lipinski definition) is 1. The van der Waals surface area contributed by atoms with Gasteiger partial charge in [0.25, 0.3) is 5.91 Å². The van der Waals surface area contributed by atoms with Crippen LogP contribution in [0.1, 0.15) is 38.0 Å². The maximum Gasteiger partial charge on any atom is 0.337 e. The molecule has 3 aromatic carbocycles. The minimum absolute atomic E-state index is 0.0849. The maximum atomic E-state index is 13.3. The van der Waals surface area contributed by atoms with Gasteiger partial charge >= 0.3 is 11.9 Å². The molecule has 0 fully saturated rings. The van der Waals surface area contributed by atoms with Gasteiger partial charge in [-0.15, -0.1) is 0 Å². The Labute approximate surface area is 213 Å². The molecule has 0 spiro atoms. The predicted octanol–water partition coefficient (Wildman–Crippen LogP) is 5.23. The van der Waals surface area contributed by atoms with Crippen LogP contribution in [-0.2, 0) is 9.47 Å². The van der Waals surface area contributed by atoms with Gasteiger partial charge in [0.05, 0.1) is 43.7 Å². The lowest BCUT2D eigenvalue weighted by Crippen LogP contribution is -2.15. The van der Waals surface area contributed by atoms with Crippen molar-refractivity contribution in [3.8, 4) is 28.5 Å².